The maximum Gasteiger partial charge on any atom is 0.310 e. The van der Waals surface area contributed by atoms with E-state index in [1.807, 2.05) is 0 Å². The van der Waals surface area contributed by atoms with Gasteiger partial charge in [0.25, 0.3) is 0 Å². The van der Waals surface area contributed by atoms with Crippen LogP contribution in [0, 0.1) is 5.92 Å². The number of ketones is 1. The van der Waals surface area contributed by atoms with E-state index in [-0.39, 0.29) is 6.42 Å². The van der Waals surface area contributed by atoms with E-state index in [0.29, 0.717) is 0 Å². The van der Waals surface area contributed by atoms with E-state index >= 15 is 0 Å². The van der Waals surface area contributed by atoms with E-state index in [1.165, 1.54) is 0 Å². The fourth-order valence-electron chi connectivity index (χ4n) is 0.755. The lowest BCUT2D eigenvalue weighted by atomic mass is 9.83. The predicted molar refractivity (Wildman–Crippen MR) is 35.2 cm³/mol. The number of rotatable bonds is 1. The highest BCUT2D eigenvalue weighted by Crippen LogP contribution is 2.44. The molecule has 1 saturated carbocycles. The molecule has 0 amide bonds. The molecule has 0 spiro atoms. The lowest BCUT2D eigenvalue weighted by molar-refractivity contribution is -0.150. The highest BCUT2D eigenvalue weighted by Gasteiger charge is 2.56. The van der Waals surface area contributed by atoms with Crippen LogP contribution in [0.3, 0.4) is 0 Å². The molecule has 1 aliphatic carbocycles. The summed E-state index contributed by atoms with van der Waals surface area (Å²) in [5, 5.41) is 8.37. The summed E-state index contributed by atoms with van der Waals surface area (Å²) in [4.78, 5) is 20.8. The molecule has 0 bridgehead atoms. The van der Waals surface area contributed by atoms with Crippen molar-refractivity contribution in [1.82, 2.24) is 0 Å². The van der Waals surface area contributed by atoms with Gasteiger partial charge in [-0.3, -0.25) is 9.59 Å². The SMILES string of the molecule is O=C(O)C1CC(=O)C1(Cl)Cl. The fourth-order valence-corrected chi connectivity index (χ4v) is 1.25. The van der Waals surface area contributed by atoms with Gasteiger partial charge in [-0.05, 0) is 0 Å². The van der Waals surface area contributed by atoms with Gasteiger partial charge in [0.1, 0.15) is 5.92 Å². The third kappa shape index (κ3) is 0.896. The largest absolute Gasteiger partial charge is 0.481 e. The van der Waals surface area contributed by atoms with E-state index in [1.54, 1.807) is 0 Å². The summed E-state index contributed by atoms with van der Waals surface area (Å²) in [6.07, 6.45) is -0.0532. The van der Waals surface area contributed by atoms with Crippen molar-refractivity contribution in [3.8, 4) is 0 Å². The van der Waals surface area contributed by atoms with Crippen LogP contribution in [0.4, 0.5) is 0 Å². The van der Waals surface area contributed by atoms with Crippen molar-refractivity contribution < 1.29 is 14.7 Å². The molecular formula is C5H4Cl2O3. The Kier molecular flexibility index (Phi) is 1.65. The minimum absolute atomic E-state index is 0.0532. The van der Waals surface area contributed by atoms with E-state index in [9.17, 15) is 9.59 Å². The Balaban J connectivity index is 2.72. The molecule has 0 aliphatic heterocycles. The van der Waals surface area contributed by atoms with Gasteiger partial charge >= 0.3 is 5.97 Å². The first-order valence-electron chi connectivity index (χ1n) is 2.60. The third-order valence-corrected chi connectivity index (χ3v) is 2.45. The van der Waals surface area contributed by atoms with Crippen molar-refractivity contribution in [3.05, 3.63) is 0 Å². The molecule has 0 heterocycles. The molecule has 0 aromatic carbocycles. The zero-order chi connectivity index (χ0) is 7.94. The average Bonchev–Trinajstić information content (AvgIpc) is 1.82. The first-order valence-corrected chi connectivity index (χ1v) is 3.35. The molecule has 0 radical (unpaired) electrons. The molecule has 10 heavy (non-hydrogen) atoms. The number of carbonyl (C=O) groups excluding carboxylic acids is 1. The van der Waals surface area contributed by atoms with Gasteiger partial charge in [-0.25, -0.2) is 0 Å². The first-order chi connectivity index (χ1) is 4.46. The van der Waals surface area contributed by atoms with Crippen LogP contribution in [0.2, 0.25) is 0 Å². The van der Waals surface area contributed by atoms with Crippen LogP contribution in [0.1, 0.15) is 6.42 Å². The second-order valence-electron chi connectivity index (χ2n) is 2.14. The van der Waals surface area contributed by atoms with Crippen LogP contribution in [0.5, 0.6) is 0 Å². The number of carboxylic acid groups (broad SMARTS) is 1. The van der Waals surface area contributed by atoms with Crippen molar-refractivity contribution in [2.24, 2.45) is 5.92 Å². The van der Waals surface area contributed by atoms with Gasteiger partial charge in [-0.2, -0.15) is 0 Å². The minimum atomic E-state index is -1.67. The molecular weight excluding hydrogens is 179 g/mol. The maximum absolute atomic E-state index is 10.5. The molecule has 1 rings (SSSR count). The van der Waals surface area contributed by atoms with Crippen molar-refractivity contribution in [2.45, 2.75) is 10.8 Å². The van der Waals surface area contributed by atoms with Crippen LogP contribution in [0.15, 0.2) is 0 Å². The third-order valence-electron chi connectivity index (χ3n) is 1.50. The van der Waals surface area contributed by atoms with Crippen molar-refractivity contribution >= 4 is 35.0 Å². The second-order valence-corrected chi connectivity index (χ2v) is 3.53. The number of alkyl halides is 2. The van der Waals surface area contributed by atoms with Gasteiger partial charge in [0.05, 0.1) is 0 Å². The van der Waals surface area contributed by atoms with E-state index in [4.69, 9.17) is 28.3 Å². The monoisotopic (exact) mass is 182 g/mol. The van der Waals surface area contributed by atoms with Gasteiger partial charge in [0, 0.05) is 6.42 Å². The number of aliphatic carboxylic acids is 1. The maximum atomic E-state index is 10.5. The average molecular weight is 183 g/mol. The summed E-state index contributed by atoms with van der Waals surface area (Å²) >= 11 is 10.7. The molecule has 0 saturated heterocycles. The molecule has 1 N–H and O–H groups in total. The van der Waals surface area contributed by atoms with Gasteiger partial charge in [0.15, 0.2) is 10.1 Å². The smallest absolute Gasteiger partial charge is 0.310 e. The lowest BCUT2D eigenvalue weighted by Crippen LogP contribution is -2.51. The van der Waals surface area contributed by atoms with Crippen LogP contribution in [-0.4, -0.2) is 21.2 Å². The molecule has 3 nitrogen and oxygen atoms in total. The zero-order valence-corrected chi connectivity index (χ0v) is 6.32. The second kappa shape index (κ2) is 2.10. The Morgan fingerprint density at radius 3 is 2.30 bits per heavy atom. The predicted octanol–water partition coefficient (Wildman–Crippen LogP) is 0.834. The van der Waals surface area contributed by atoms with Gasteiger partial charge in [0.2, 0.25) is 0 Å². The van der Waals surface area contributed by atoms with Crippen LogP contribution in [-0.2, 0) is 9.59 Å². The Bertz CT molecular complexity index is 199. The molecule has 0 aromatic heterocycles. The number of hydrogen-bond donors (Lipinski definition) is 1. The van der Waals surface area contributed by atoms with Gasteiger partial charge in [-0.1, -0.05) is 23.2 Å². The summed E-state index contributed by atoms with van der Waals surface area (Å²) in [7, 11) is 0. The summed E-state index contributed by atoms with van der Waals surface area (Å²) in [6, 6.07) is 0. The standard InChI is InChI=1S/C5H4Cl2O3/c6-5(7)2(4(9)10)1-3(5)8/h2H,1H2,(H,9,10). The normalized spacial score (nSPS) is 29.4. The highest BCUT2D eigenvalue weighted by atomic mass is 35.5. The highest BCUT2D eigenvalue weighted by molar-refractivity contribution is 6.61. The molecule has 1 atom stereocenters. The Labute approximate surface area is 66.9 Å². The van der Waals surface area contributed by atoms with Crippen molar-refractivity contribution in [3.63, 3.8) is 0 Å². The zero-order valence-electron chi connectivity index (χ0n) is 4.80. The van der Waals surface area contributed by atoms with Crippen molar-refractivity contribution in [1.29, 1.82) is 0 Å². The number of carbonyl (C=O) groups is 2. The molecule has 1 aliphatic rings. The Morgan fingerprint density at radius 1 is 1.70 bits per heavy atom. The molecule has 0 aromatic rings. The number of carboxylic acids is 1. The molecule has 5 heteroatoms. The Morgan fingerprint density at radius 2 is 2.20 bits per heavy atom. The first kappa shape index (κ1) is 7.82. The van der Waals surface area contributed by atoms with Gasteiger partial charge < -0.3 is 5.11 Å². The number of hydrogen-bond acceptors (Lipinski definition) is 2. The van der Waals surface area contributed by atoms with E-state index in [2.05, 4.69) is 0 Å². The van der Waals surface area contributed by atoms with E-state index < -0.39 is 22.0 Å². The topological polar surface area (TPSA) is 54.4 Å². The lowest BCUT2D eigenvalue weighted by Gasteiger charge is -2.34. The quantitative estimate of drug-likeness (QED) is 0.612. The van der Waals surface area contributed by atoms with Crippen LogP contribution in [0.25, 0.3) is 0 Å². The molecule has 1 fully saturated rings. The summed E-state index contributed by atoms with van der Waals surface area (Å²) < 4.78 is -1.67. The molecule has 56 valence electrons. The Hall–Kier alpha value is -0.280. The van der Waals surface area contributed by atoms with Gasteiger partial charge in [-0.15, -0.1) is 0 Å². The summed E-state index contributed by atoms with van der Waals surface area (Å²) in [5.41, 5.74) is 0. The number of Topliss-reactive ketones (excluding diaryl/α,β-unsaturated/α-hetero) is 1. The van der Waals surface area contributed by atoms with Crippen molar-refractivity contribution in [2.75, 3.05) is 0 Å². The minimum Gasteiger partial charge on any atom is -0.481 e. The summed E-state index contributed by atoms with van der Waals surface area (Å²) in [6.45, 7) is 0. The summed E-state index contributed by atoms with van der Waals surface area (Å²) in [5.74, 6) is -2.46. The number of halogens is 2. The van der Waals surface area contributed by atoms with E-state index in [0.717, 1.165) is 0 Å². The fraction of sp³-hybridized carbons (Fsp3) is 0.600. The van der Waals surface area contributed by atoms with Crippen LogP contribution >= 0.6 is 23.2 Å². The van der Waals surface area contributed by atoms with Crippen LogP contribution < -0.4 is 0 Å². The molecule has 1 unspecified atom stereocenters.